The lowest BCUT2D eigenvalue weighted by atomic mass is 10.3. The maximum atomic E-state index is 11.1. The van der Waals surface area contributed by atoms with Crippen molar-refractivity contribution in [1.82, 2.24) is 14.4 Å². The standard InChI is InChI=1S/C9H8BrN3O2/c1-4-5(2)13-7(8(14)15)6(10)3-11-9(13)12-4/h3H,1-2H3,(H,14,15). The Kier molecular flexibility index (Phi) is 2.22. The summed E-state index contributed by atoms with van der Waals surface area (Å²) in [5, 5.41) is 9.09. The number of nitrogens with zero attached hydrogens (tertiary/aromatic N) is 3. The van der Waals surface area contributed by atoms with E-state index < -0.39 is 5.97 Å². The van der Waals surface area contributed by atoms with Crippen molar-refractivity contribution in [3.05, 3.63) is 27.8 Å². The van der Waals surface area contributed by atoms with Crippen molar-refractivity contribution in [2.45, 2.75) is 13.8 Å². The van der Waals surface area contributed by atoms with Crippen LogP contribution in [0.15, 0.2) is 10.7 Å². The van der Waals surface area contributed by atoms with Crippen molar-refractivity contribution >= 4 is 27.7 Å². The van der Waals surface area contributed by atoms with Gasteiger partial charge >= 0.3 is 5.97 Å². The SMILES string of the molecule is Cc1nc2ncc(Br)c(C(=O)O)n2c1C. The van der Waals surface area contributed by atoms with E-state index in [1.807, 2.05) is 13.8 Å². The fraction of sp³-hybridized carbons (Fsp3) is 0.222. The number of aryl methyl sites for hydroxylation is 2. The van der Waals surface area contributed by atoms with Crippen LogP contribution in [0.2, 0.25) is 0 Å². The summed E-state index contributed by atoms with van der Waals surface area (Å²) in [6.45, 7) is 3.64. The molecule has 0 spiro atoms. The molecule has 2 heterocycles. The van der Waals surface area contributed by atoms with E-state index in [2.05, 4.69) is 25.9 Å². The normalized spacial score (nSPS) is 10.9. The largest absolute Gasteiger partial charge is 0.477 e. The van der Waals surface area contributed by atoms with Crippen LogP contribution < -0.4 is 0 Å². The molecule has 0 aromatic carbocycles. The van der Waals surface area contributed by atoms with Crippen molar-refractivity contribution in [2.24, 2.45) is 0 Å². The fourth-order valence-electron chi connectivity index (χ4n) is 1.43. The minimum atomic E-state index is -1.00. The van der Waals surface area contributed by atoms with E-state index in [1.165, 1.54) is 10.6 Å². The molecule has 15 heavy (non-hydrogen) atoms. The monoisotopic (exact) mass is 269 g/mol. The number of aromatic carboxylic acids is 1. The van der Waals surface area contributed by atoms with E-state index in [0.717, 1.165) is 11.4 Å². The van der Waals surface area contributed by atoms with Crippen LogP contribution in [0.25, 0.3) is 5.78 Å². The zero-order chi connectivity index (χ0) is 11.2. The zero-order valence-electron chi connectivity index (χ0n) is 8.15. The van der Waals surface area contributed by atoms with Gasteiger partial charge in [-0.3, -0.25) is 4.40 Å². The Balaban J connectivity index is 2.97. The Morgan fingerprint density at radius 2 is 2.20 bits per heavy atom. The Labute approximate surface area is 93.9 Å². The first-order valence-electron chi connectivity index (χ1n) is 4.26. The zero-order valence-corrected chi connectivity index (χ0v) is 9.74. The molecular weight excluding hydrogens is 262 g/mol. The summed E-state index contributed by atoms with van der Waals surface area (Å²) in [5.41, 5.74) is 1.72. The molecule has 0 saturated carbocycles. The van der Waals surface area contributed by atoms with Crippen LogP contribution in [0.4, 0.5) is 0 Å². The molecule has 2 aromatic rings. The molecule has 0 fully saturated rings. The highest BCUT2D eigenvalue weighted by Gasteiger charge is 2.17. The number of carboxylic acids is 1. The second-order valence-corrected chi connectivity index (χ2v) is 4.03. The van der Waals surface area contributed by atoms with Gasteiger partial charge in [0.1, 0.15) is 0 Å². The van der Waals surface area contributed by atoms with Crippen LogP contribution in [-0.2, 0) is 0 Å². The van der Waals surface area contributed by atoms with E-state index >= 15 is 0 Å². The first kappa shape index (κ1) is 10.1. The number of imidazole rings is 1. The van der Waals surface area contributed by atoms with E-state index in [0.29, 0.717) is 10.3 Å². The molecule has 0 aliphatic carbocycles. The van der Waals surface area contributed by atoms with Crippen LogP contribution in [-0.4, -0.2) is 25.4 Å². The molecule has 0 saturated heterocycles. The van der Waals surface area contributed by atoms with Crippen molar-refractivity contribution in [3.63, 3.8) is 0 Å². The molecule has 0 amide bonds. The molecule has 2 aromatic heterocycles. The van der Waals surface area contributed by atoms with Gasteiger partial charge in [-0.05, 0) is 29.8 Å². The van der Waals surface area contributed by atoms with Gasteiger partial charge in [0.2, 0.25) is 5.78 Å². The first-order chi connectivity index (χ1) is 7.02. The van der Waals surface area contributed by atoms with Crippen molar-refractivity contribution < 1.29 is 9.90 Å². The number of carbonyl (C=O) groups is 1. The van der Waals surface area contributed by atoms with Crippen molar-refractivity contribution in [2.75, 3.05) is 0 Å². The van der Waals surface area contributed by atoms with E-state index in [4.69, 9.17) is 5.11 Å². The second-order valence-electron chi connectivity index (χ2n) is 3.18. The lowest BCUT2D eigenvalue weighted by Gasteiger charge is -2.03. The topological polar surface area (TPSA) is 67.5 Å². The van der Waals surface area contributed by atoms with Gasteiger partial charge in [0.15, 0.2) is 5.69 Å². The van der Waals surface area contributed by atoms with Crippen LogP contribution in [0.5, 0.6) is 0 Å². The van der Waals surface area contributed by atoms with Crippen LogP contribution in [0.1, 0.15) is 21.9 Å². The summed E-state index contributed by atoms with van der Waals surface area (Å²) in [7, 11) is 0. The molecular formula is C9H8BrN3O2. The minimum Gasteiger partial charge on any atom is -0.477 e. The highest BCUT2D eigenvalue weighted by molar-refractivity contribution is 9.10. The molecule has 0 aliphatic heterocycles. The van der Waals surface area contributed by atoms with Gasteiger partial charge in [-0.1, -0.05) is 0 Å². The fourth-order valence-corrected chi connectivity index (χ4v) is 1.88. The number of fused-ring (bicyclic) bond motifs is 1. The number of aromatic nitrogens is 3. The lowest BCUT2D eigenvalue weighted by molar-refractivity contribution is 0.0687. The van der Waals surface area contributed by atoms with Gasteiger partial charge in [-0.2, -0.15) is 0 Å². The van der Waals surface area contributed by atoms with Gasteiger partial charge in [-0.25, -0.2) is 14.8 Å². The van der Waals surface area contributed by atoms with Gasteiger partial charge in [0.05, 0.1) is 10.2 Å². The third kappa shape index (κ3) is 1.41. The number of rotatable bonds is 1. The number of carboxylic acid groups (broad SMARTS) is 1. The van der Waals surface area contributed by atoms with Gasteiger partial charge in [0, 0.05) is 11.9 Å². The third-order valence-corrected chi connectivity index (χ3v) is 2.85. The van der Waals surface area contributed by atoms with E-state index in [9.17, 15) is 4.79 Å². The van der Waals surface area contributed by atoms with E-state index in [-0.39, 0.29) is 5.69 Å². The van der Waals surface area contributed by atoms with E-state index in [1.54, 1.807) is 0 Å². The summed E-state index contributed by atoms with van der Waals surface area (Å²) >= 11 is 3.17. The predicted octanol–water partition coefficient (Wildman–Crippen LogP) is 1.81. The van der Waals surface area contributed by atoms with Gasteiger partial charge < -0.3 is 5.11 Å². The molecule has 0 bridgehead atoms. The summed E-state index contributed by atoms with van der Waals surface area (Å²) in [6, 6.07) is 0. The Morgan fingerprint density at radius 1 is 1.53 bits per heavy atom. The smallest absolute Gasteiger partial charge is 0.354 e. The Bertz CT molecular complexity index is 562. The minimum absolute atomic E-state index is 0.151. The molecule has 5 nitrogen and oxygen atoms in total. The number of halogens is 1. The summed E-state index contributed by atoms with van der Waals surface area (Å²) in [6.07, 6.45) is 1.45. The summed E-state index contributed by atoms with van der Waals surface area (Å²) in [4.78, 5) is 19.3. The second kappa shape index (κ2) is 3.30. The quantitative estimate of drug-likeness (QED) is 0.858. The highest BCUT2D eigenvalue weighted by Crippen LogP contribution is 2.19. The molecule has 2 rings (SSSR count). The van der Waals surface area contributed by atoms with Crippen molar-refractivity contribution in [3.8, 4) is 0 Å². The summed E-state index contributed by atoms with van der Waals surface area (Å²) < 4.78 is 1.98. The summed E-state index contributed by atoms with van der Waals surface area (Å²) in [5.74, 6) is -0.597. The Hall–Kier alpha value is -1.43. The predicted molar refractivity (Wildman–Crippen MR) is 57.1 cm³/mol. The first-order valence-corrected chi connectivity index (χ1v) is 5.05. The molecule has 1 N–H and O–H groups in total. The maximum Gasteiger partial charge on any atom is 0.354 e. The number of hydrogen-bond donors (Lipinski definition) is 1. The van der Waals surface area contributed by atoms with Gasteiger partial charge in [0.25, 0.3) is 0 Å². The maximum absolute atomic E-state index is 11.1. The van der Waals surface area contributed by atoms with Gasteiger partial charge in [-0.15, -0.1) is 0 Å². The molecule has 0 atom stereocenters. The molecule has 0 radical (unpaired) electrons. The number of hydrogen-bond acceptors (Lipinski definition) is 3. The Morgan fingerprint density at radius 3 is 2.80 bits per heavy atom. The molecule has 6 heteroatoms. The lowest BCUT2D eigenvalue weighted by Crippen LogP contribution is -2.08. The third-order valence-electron chi connectivity index (χ3n) is 2.27. The average Bonchev–Trinajstić information content (AvgIpc) is 2.44. The van der Waals surface area contributed by atoms with Crippen LogP contribution >= 0.6 is 15.9 Å². The average molecular weight is 270 g/mol. The van der Waals surface area contributed by atoms with Crippen LogP contribution in [0, 0.1) is 13.8 Å². The highest BCUT2D eigenvalue weighted by atomic mass is 79.9. The molecule has 78 valence electrons. The van der Waals surface area contributed by atoms with Crippen molar-refractivity contribution in [1.29, 1.82) is 0 Å². The molecule has 0 aliphatic rings. The van der Waals surface area contributed by atoms with Crippen LogP contribution in [0.3, 0.4) is 0 Å². The molecule has 0 unspecified atom stereocenters.